The van der Waals surface area contributed by atoms with E-state index >= 15 is 0 Å². The minimum atomic E-state index is -0.0718. The van der Waals surface area contributed by atoms with Crippen molar-refractivity contribution in [2.45, 2.75) is 44.9 Å². The Morgan fingerprint density at radius 2 is 2.07 bits per heavy atom. The van der Waals surface area contributed by atoms with Crippen molar-refractivity contribution < 1.29 is 4.79 Å². The van der Waals surface area contributed by atoms with Crippen molar-refractivity contribution in [3.8, 4) is 0 Å². The third-order valence-corrected chi connectivity index (χ3v) is 6.60. The average Bonchev–Trinajstić information content (AvgIpc) is 3.25. The topological polar surface area (TPSA) is 45.2 Å². The quantitative estimate of drug-likeness (QED) is 0.633. The van der Waals surface area contributed by atoms with Crippen molar-refractivity contribution in [3.05, 3.63) is 51.0 Å². The van der Waals surface area contributed by atoms with Gasteiger partial charge in [0.25, 0.3) is 5.91 Å². The van der Waals surface area contributed by atoms with Crippen molar-refractivity contribution in [2.24, 2.45) is 0 Å². The number of rotatable bonds is 8. The summed E-state index contributed by atoms with van der Waals surface area (Å²) in [7, 11) is 0. The van der Waals surface area contributed by atoms with E-state index in [1.165, 1.54) is 50.2 Å². The standard InChI is InChI=1S/C21H28ClN3OS/c1-16-19(27-21(24-16)17-10-4-2-5-11-18(17)22)20(26)23-12-6-3-7-13-25-14-8-9-15-25/h2,4-5,10-11,17H,3,6-9,12-15H2,1H3,(H,23,26). The Bertz CT molecular complexity index is 732. The number of unbranched alkanes of at least 4 members (excludes halogenated alkanes) is 2. The van der Waals surface area contributed by atoms with Crippen LogP contribution in [-0.2, 0) is 0 Å². The van der Waals surface area contributed by atoms with Gasteiger partial charge in [-0.05, 0) is 58.3 Å². The number of allylic oxidation sites excluding steroid dienone is 6. The monoisotopic (exact) mass is 405 g/mol. The first-order valence-corrected chi connectivity index (χ1v) is 11.0. The number of likely N-dealkylation sites (tertiary alicyclic amines) is 1. The van der Waals surface area contributed by atoms with Crippen LogP contribution in [0.15, 0.2) is 35.4 Å². The number of nitrogens with zero attached hydrogens (tertiary/aromatic N) is 2. The Balaban J connectivity index is 1.45. The molecule has 1 amide bonds. The first-order valence-electron chi connectivity index (χ1n) is 9.83. The zero-order valence-corrected chi connectivity index (χ0v) is 17.5. The Kier molecular flexibility index (Phi) is 7.68. The fourth-order valence-electron chi connectivity index (χ4n) is 3.47. The molecule has 1 atom stereocenters. The molecule has 4 nitrogen and oxygen atoms in total. The zero-order valence-electron chi connectivity index (χ0n) is 15.9. The molecule has 1 aliphatic heterocycles. The van der Waals surface area contributed by atoms with Gasteiger partial charge in [-0.2, -0.15) is 0 Å². The van der Waals surface area contributed by atoms with Gasteiger partial charge < -0.3 is 10.2 Å². The Labute approximate surface area is 171 Å². The number of amides is 1. The molecule has 1 N–H and O–H groups in total. The average molecular weight is 406 g/mol. The molecule has 0 bridgehead atoms. The smallest absolute Gasteiger partial charge is 0.263 e. The predicted octanol–water partition coefficient (Wildman–Crippen LogP) is 4.78. The maximum Gasteiger partial charge on any atom is 0.263 e. The molecular formula is C21H28ClN3OS. The summed E-state index contributed by atoms with van der Waals surface area (Å²) in [6, 6.07) is 0. The molecule has 2 heterocycles. The summed E-state index contributed by atoms with van der Waals surface area (Å²) < 4.78 is 0. The number of hydrogen-bond acceptors (Lipinski definition) is 4. The van der Waals surface area contributed by atoms with Crippen molar-refractivity contribution in [2.75, 3.05) is 26.2 Å². The Morgan fingerprint density at radius 3 is 2.89 bits per heavy atom. The molecule has 0 spiro atoms. The van der Waals surface area contributed by atoms with Crippen LogP contribution in [-0.4, -0.2) is 42.0 Å². The van der Waals surface area contributed by atoms with E-state index in [2.05, 4.69) is 15.2 Å². The van der Waals surface area contributed by atoms with Gasteiger partial charge in [0.2, 0.25) is 0 Å². The van der Waals surface area contributed by atoms with Crippen LogP contribution in [0.1, 0.15) is 58.4 Å². The molecule has 27 heavy (non-hydrogen) atoms. The largest absolute Gasteiger partial charge is 0.351 e. The summed E-state index contributed by atoms with van der Waals surface area (Å²) in [6.45, 7) is 6.33. The minimum absolute atomic E-state index is 0.0216. The van der Waals surface area contributed by atoms with Gasteiger partial charge in [0.05, 0.1) is 11.6 Å². The summed E-state index contributed by atoms with van der Waals surface area (Å²) in [5, 5.41) is 4.63. The highest BCUT2D eigenvalue weighted by Crippen LogP contribution is 2.34. The number of carbonyl (C=O) groups excluding carboxylic acids is 1. The van der Waals surface area contributed by atoms with Crippen LogP contribution in [0.25, 0.3) is 0 Å². The van der Waals surface area contributed by atoms with Gasteiger partial charge in [0.15, 0.2) is 0 Å². The van der Waals surface area contributed by atoms with Crippen LogP contribution in [0.2, 0.25) is 0 Å². The molecule has 1 saturated heterocycles. The maximum absolute atomic E-state index is 12.5. The maximum atomic E-state index is 12.5. The van der Waals surface area contributed by atoms with Crippen molar-refractivity contribution in [3.63, 3.8) is 0 Å². The lowest BCUT2D eigenvalue weighted by Crippen LogP contribution is -2.24. The third-order valence-electron chi connectivity index (χ3n) is 5.00. The van der Waals surface area contributed by atoms with E-state index in [0.29, 0.717) is 4.88 Å². The second kappa shape index (κ2) is 10.2. The number of halogens is 1. The van der Waals surface area contributed by atoms with E-state index in [4.69, 9.17) is 11.6 Å². The SMILES string of the molecule is Cc1nc(C2C=CC=CC=C2Cl)sc1C(=O)NCCCCCN1CCCC1. The molecule has 146 valence electrons. The molecule has 0 aromatic carbocycles. The lowest BCUT2D eigenvalue weighted by molar-refractivity contribution is 0.0956. The van der Waals surface area contributed by atoms with E-state index in [-0.39, 0.29) is 11.8 Å². The summed E-state index contributed by atoms with van der Waals surface area (Å²) in [5.41, 5.74) is 0.775. The van der Waals surface area contributed by atoms with E-state index in [1.54, 1.807) is 0 Å². The molecule has 1 fully saturated rings. The van der Waals surface area contributed by atoms with Crippen LogP contribution in [0.3, 0.4) is 0 Å². The molecule has 0 saturated carbocycles. The number of thiazole rings is 1. The van der Waals surface area contributed by atoms with Crippen molar-refractivity contribution in [1.82, 2.24) is 15.2 Å². The van der Waals surface area contributed by atoms with Gasteiger partial charge in [-0.1, -0.05) is 42.3 Å². The number of aryl methyl sites for hydroxylation is 1. The van der Waals surface area contributed by atoms with E-state index < -0.39 is 0 Å². The lowest BCUT2D eigenvalue weighted by atomic mass is 10.1. The van der Waals surface area contributed by atoms with Gasteiger partial charge in [-0.15, -0.1) is 11.3 Å². The molecule has 0 radical (unpaired) electrons. The van der Waals surface area contributed by atoms with Crippen LogP contribution >= 0.6 is 22.9 Å². The Hall–Kier alpha value is -1.43. The Morgan fingerprint density at radius 1 is 1.26 bits per heavy atom. The molecule has 2 aliphatic rings. The van der Waals surface area contributed by atoms with Crippen LogP contribution in [0.4, 0.5) is 0 Å². The van der Waals surface area contributed by atoms with Gasteiger partial charge in [-0.3, -0.25) is 4.79 Å². The molecule has 3 rings (SSSR count). The van der Waals surface area contributed by atoms with Crippen molar-refractivity contribution in [1.29, 1.82) is 0 Å². The predicted molar refractivity (Wildman–Crippen MR) is 114 cm³/mol. The first kappa shape index (κ1) is 20.3. The van der Waals surface area contributed by atoms with Crippen molar-refractivity contribution >= 4 is 28.8 Å². The number of carbonyl (C=O) groups is 1. The second-order valence-corrected chi connectivity index (χ2v) is 8.60. The summed E-state index contributed by atoms with van der Waals surface area (Å²) >= 11 is 7.80. The molecule has 1 unspecified atom stereocenters. The number of aromatic nitrogens is 1. The third kappa shape index (κ3) is 5.77. The highest BCUT2D eigenvalue weighted by molar-refractivity contribution is 7.14. The van der Waals surface area contributed by atoms with Gasteiger partial charge in [0.1, 0.15) is 9.88 Å². The summed E-state index contributed by atoms with van der Waals surface area (Å²) in [5.74, 6) is -0.0934. The summed E-state index contributed by atoms with van der Waals surface area (Å²) in [6.07, 6.45) is 15.8. The zero-order chi connectivity index (χ0) is 19.1. The second-order valence-electron chi connectivity index (χ2n) is 7.13. The molecule has 6 heteroatoms. The lowest BCUT2D eigenvalue weighted by Gasteiger charge is -2.13. The minimum Gasteiger partial charge on any atom is -0.351 e. The van der Waals surface area contributed by atoms with E-state index in [0.717, 1.165) is 35.1 Å². The normalized spacial score (nSPS) is 19.9. The highest BCUT2D eigenvalue weighted by Gasteiger charge is 2.21. The van der Waals surface area contributed by atoms with Gasteiger partial charge in [-0.25, -0.2) is 4.98 Å². The number of hydrogen-bond donors (Lipinski definition) is 1. The molecule has 1 aromatic rings. The highest BCUT2D eigenvalue weighted by atomic mass is 35.5. The summed E-state index contributed by atoms with van der Waals surface area (Å²) in [4.78, 5) is 20.4. The van der Waals surface area contributed by atoms with Gasteiger partial charge in [0, 0.05) is 11.6 Å². The van der Waals surface area contributed by atoms with E-state index in [1.807, 2.05) is 37.3 Å². The van der Waals surface area contributed by atoms with Crippen LogP contribution < -0.4 is 5.32 Å². The fourth-order valence-corrected chi connectivity index (χ4v) is 4.87. The molecule has 1 aliphatic carbocycles. The van der Waals surface area contributed by atoms with Gasteiger partial charge >= 0.3 is 0 Å². The van der Waals surface area contributed by atoms with E-state index in [9.17, 15) is 4.79 Å². The molecule has 1 aromatic heterocycles. The number of nitrogens with one attached hydrogen (secondary N) is 1. The molecular weight excluding hydrogens is 378 g/mol. The van der Waals surface area contributed by atoms with Crippen LogP contribution in [0, 0.1) is 6.92 Å². The fraction of sp³-hybridized carbons (Fsp3) is 0.524. The first-order chi connectivity index (χ1) is 13.1. The van der Waals surface area contributed by atoms with Crippen LogP contribution in [0.5, 0.6) is 0 Å².